The fraction of sp³-hybridized carbons (Fsp3) is 1.00. The minimum Gasteiger partial charge on any atom is -0.388 e. The maximum atomic E-state index is 12.2. The van der Waals surface area contributed by atoms with E-state index in [0.29, 0.717) is 0 Å². The summed E-state index contributed by atoms with van der Waals surface area (Å²) in [6.07, 6.45) is -7.33. The monoisotopic (exact) mass is 206 g/mol. The zero-order chi connectivity index (χ0) is 10.7. The smallest absolute Gasteiger partial charge is 0.165 e. The molecule has 14 heavy (non-hydrogen) atoms. The molecule has 0 saturated carbocycles. The van der Waals surface area contributed by atoms with Gasteiger partial charge in [0.05, 0.1) is 0 Å². The lowest BCUT2D eigenvalue weighted by Gasteiger charge is -2.37. The van der Waals surface area contributed by atoms with Crippen molar-refractivity contribution in [2.45, 2.75) is 30.6 Å². The average Bonchev–Trinajstić information content (AvgIpc) is 2.19. The van der Waals surface area contributed by atoms with Crippen molar-refractivity contribution >= 4 is 0 Å². The van der Waals surface area contributed by atoms with Crippen LogP contribution in [0.5, 0.6) is 0 Å². The summed E-state index contributed by atoms with van der Waals surface area (Å²) in [7, 11) is 0. The van der Waals surface area contributed by atoms with Crippen LogP contribution in [0.2, 0.25) is 0 Å². The fourth-order valence-electron chi connectivity index (χ4n) is 1.20. The molecular weight excluding hydrogens is 196 g/mol. The van der Waals surface area contributed by atoms with E-state index >= 15 is 0 Å². The van der Waals surface area contributed by atoms with Crippen LogP contribution in [0.4, 0.5) is 4.39 Å². The number of hydrogen-bond donors (Lipinski definition) is 3. The normalized spacial score (nSPS) is 43.0. The largest absolute Gasteiger partial charge is 0.388 e. The van der Waals surface area contributed by atoms with Gasteiger partial charge in [-0.3, -0.25) is 0 Å². The second-order valence-electron chi connectivity index (χ2n) is 2.90. The highest BCUT2D eigenvalue weighted by atomic mass is 18.2. The Morgan fingerprint density at radius 2 is 1.93 bits per heavy atom. The highest BCUT2D eigenvalue weighted by Gasteiger charge is 2.43. The Labute approximate surface area is 78.4 Å². The lowest BCUT2D eigenvalue weighted by molar-refractivity contribution is -0.222. The Hall–Kier alpha value is -0.920. The quantitative estimate of drug-likeness (QED) is 0.307. The lowest BCUT2D eigenvalue weighted by Crippen LogP contribution is -2.57. The van der Waals surface area contributed by atoms with Crippen LogP contribution in [-0.4, -0.2) is 52.6 Å². The molecule has 0 spiro atoms. The Morgan fingerprint density at radius 1 is 1.29 bits per heavy atom. The predicted molar refractivity (Wildman–Crippen MR) is 41.8 cm³/mol. The van der Waals surface area contributed by atoms with E-state index in [0.717, 1.165) is 0 Å². The summed E-state index contributed by atoms with van der Waals surface area (Å²) in [4.78, 5) is 2.36. The van der Waals surface area contributed by atoms with Gasteiger partial charge in [0.2, 0.25) is 0 Å². The van der Waals surface area contributed by atoms with Gasteiger partial charge in [-0.1, -0.05) is 5.11 Å². The van der Waals surface area contributed by atoms with E-state index in [1.54, 1.807) is 0 Å². The van der Waals surface area contributed by atoms with Crippen LogP contribution in [0.25, 0.3) is 10.4 Å². The minimum atomic E-state index is -1.58. The summed E-state index contributed by atoms with van der Waals surface area (Å²) in [5.41, 5.74) is 8.08. The molecule has 1 rings (SSSR count). The average molecular weight is 206 g/mol. The molecule has 1 saturated heterocycles. The second kappa shape index (κ2) is 4.54. The third kappa shape index (κ3) is 1.94. The molecule has 80 valence electrons. The minimum absolute atomic E-state index is 1.04. The second-order valence-corrected chi connectivity index (χ2v) is 2.90. The molecule has 1 heterocycles. The van der Waals surface area contributed by atoms with Crippen LogP contribution in [0.1, 0.15) is 0 Å². The van der Waals surface area contributed by atoms with Gasteiger partial charge < -0.3 is 20.1 Å². The first-order valence-electron chi connectivity index (χ1n) is 3.91. The molecule has 5 atom stereocenters. The predicted octanol–water partition coefficient (Wildman–Crippen LogP) is -0.926. The molecule has 3 unspecified atom stereocenters. The van der Waals surface area contributed by atoms with Gasteiger partial charge in [0.1, 0.15) is 31.1 Å². The Morgan fingerprint density at radius 3 is 2.43 bits per heavy atom. The van der Waals surface area contributed by atoms with Crippen molar-refractivity contribution in [3.63, 3.8) is 0 Å². The highest BCUT2D eigenvalue weighted by molar-refractivity contribution is 4.91. The summed E-state index contributed by atoms with van der Waals surface area (Å²) < 4.78 is 16.9. The molecule has 1 aliphatic rings. The van der Waals surface area contributed by atoms with Gasteiger partial charge in [0.25, 0.3) is 0 Å². The molecule has 0 bridgehead atoms. The van der Waals surface area contributed by atoms with Crippen LogP contribution in [0.15, 0.2) is 5.11 Å². The van der Waals surface area contributed by atoms with Crippen molar-refractivity contribution < 1.29 is 24.4 Å². The van der Waals surface area contributed by atoms with E-state index in [4.69, 9.17) is 10.3 Å². The standard InChI is InChI=1S/C6H10FN3O4/c7-1-2-3(11)4(12)5(13)6(14-2)9-10-8/h2-6,11-13H,1H2/t2?,3?,4?,5-,6+/m1/s1/i7-1. The summed E-state index contributed by atoms with van der Waals surface area (Å²) in [5.74, 6) is 0. The van der Waals surface area contributed by atoms with Gasteiger partial charge in [0, 0.05) is 4.91 Å². The van der Waals surface area contributed by atoms with Crippen molar-refractivity contribution in [3.05, 3.63) is 10.4 Å². The lowest BCUT2D eigenvalue weighted by atomic mass is 9.99. The first-order chi connectivity index (χ1) is 6.61. The van der Waals surface area contributed by atoms with E-state index < -0.39 is 37.3 Å². The maximum absolute atomic E-state index is 12.2. The number of nitrogens with zero attached hydrogens (tertiary/aromatic N) is 3. The molecule has 0 radical (unpaired) electrons. The van der Waals surface area contributed by atoms with E-state index in [1.165, 1.54) is 0 Å². The molecule has 0 aromatic carbocycles. The number of azide groups is 1. The number of halogens is 1. The van der Waals surface area contributed by atoms with Gasteiger partial charge in [-0.25, -0.2) is 4.39 Å². The van der Waals surface area contributed by atoms with E-state index in [-0.39, 0.29) is 0 Å². The molecule has 1 fully saturated rings. The molecule has 0 amide bonds. The van der Waals surface area contributed by atoms with Crippen LogP contribution >= 0.6 is 0 Å². The van der Waals surface area contributed by atoms with Crippen molar-refractivity contribution in [2.24, 2.45) is 5.11 Å². The zero-order valence-corrected chi connectivity index (χ0v) is 7.06. The maximum Gasteiger partial charge on any atom is 0.165 e. The Balaban J connectivity index is 2.77. The van der Waals surface area contributed by atoms with Crippen molar-refractivity contribution in [3.8, 4) is 0 Å². The Bertz CT molecular complexity index is 245. The topological polar surface area (TPSA) is 119 Å². The van der Waals surface area contributed by atoms with E-state index in [9.17, 15) is 19.7 Å². The molecular formula is C6H10FN3O4. The van der Waals surface area contributed by atoms with Gasteiger partial charge in [0.15, 0.2) is 6.23 Å². The van der Waals surface area contributed by atoms with E-state index in [2.05, 4.69) is 10.0 Å². The third-order valence-corrected chi connectivity index (χ3v) is 2.00. The number of ether oxygens (including phenoxy) is 1. The van der Waals surface area contributed by atoms with Gasteiger partial charge in [-0.05, 0) is 5.53 Å². The first-order valence-corrected chi connectivity index (χ1v) is 3.91. The van der Waals surface area contributed by atoms with Gasteiger partial charge >= 0.3 is 0 Å². The highest BCUT2D eigenvalue weighted by Crippen LogP contribution is 2.22. The molecule has 3 N–H and O–H groups in total. The van der Waals surface area contributed by atoms with Crippen molar-refractivity contribution in [1.29, 1.82) is 0 Å². The third-order valence-electron chi connectivity index (χ3n) is 2.00. The van der Waals surface area contributed by atoms with Crippen molar-refractivity contribution in [1.82, 2.24) is 0 Å². The molecule has 0 aromatic rings. The summed E-state index contributed by atoms with van der Waals surface area (Å²) in [5, 5.41) is 30.6. The fourth-order valence-corrected chi connectivity index (χ4v) is 1.20. The summed E-state index contributed by atoms with van der Waals surface area (Å²) in [6.45, 7) is -1.04. The van der Waals surface area contributed by atoms with Crippen LogP contribution in [0, 0.1) is 0 Å². The SMILES string of the molecule is [N-]=[N+]=N[C@H]1OC(C[18F])C(O)C(O)[C@H]1O. The number of rotatable bonds is 2. The summed E-state index contributed by atoms with van der Waals surface area (Å²) >= 11 is 0. The molecule has 7 nitrogen and oxygen atoms in total. The number of alkyl halides is 1. The summed E-state index contributed by atoms with van der Waals surface area (Å²) in [6, 6.07) is 0. The van der Waals surface area contributed by atoms with Crippen LogP contribution in [0.3, 0.4) is 0 Å². The van der Waals surface area contributed by atoms with Crippen LogP contribution in [-0.2, 0) is 4.74 Å². The van der Waals surface area contributed by atoms with Gasteiger partial charge in [-0.15, -0.1) is 0 Å². The first kappa shape index (κ1) is 11.2. The molecule has 0 aliphatic carbocycles. The Kier molecular flexibility index (Phi) is 3.62. The number of aliphatic hydroxyl groups excluding tert-OH is 3. The number of hydrogen-bond acceptors (Lipinski definition) is 5. The van der Waals surface area contributed by atoms with Crippen LogP contribution < -0.4 is 0 Å². The molecule has 0 aromatic heterocycles. The van der Waals surface area contributed by atoms with E-state index in [1.807, 2.05) is 0 Å². The molecule has 8 heteroatoms. The van der Waals surface area contributed by atoms with Crippen molar-refractivity contribution in [2.75, 3.05) is 6.67 Å². The van der Waals surface area contributed by atoms with Gasteiger partial charge in [-0.2, -0.15) is 0 Å². The zero-order valence-electron chi connectivity index (χ0n) is 7.06. The number of aliphatic hydroxyl groups is 3. The molecule has 1 aliphatic heterocycles.